The Morgan fingerprint density at radius 3 is 2.84 bits per heavy atom. The number of aromatic nitrogens is 4. The summed E-state index contributed by atoms with van der Waals surface area (Å²) in [6.45, 7) is 1.21. The van der Waals surface area contributed by atoms with Gasteiger partial charge in [-0.15, -0.1) is 11.8 Å². The molecule has 4 N–H and O–H groups in total. The predicted octanol–water partition coefficient (Wildman–Crippen LogP) is 1.90. The minimum absolute atomic E-state index is 0.241. The number of amides is 1. The lowest BCUT2D eigenvalue weighted by molar-refractivity contribution is -0.123. The standard InChI is InChI=1S/C21H23IN6O3S/c22-13-3-1-2-12(6-13)8-23-18-14-19(26-9-25-18)28(10-27-14)21-16(30)15(29)17(32-21)20(31)24-7-11-4-5-11/h1-3,6,9-11,15-17,21,29-30H,4-5,7-8H2,(H,24,31)(H,23,25,26)/t15-,16+,17?,21+/m0/s1. The number of aliphatic hydroxyl groups excluding tert-OH is 2. The van der Waals surface area contributed by atoms with E-state index in [1.807, 2.05) is 18.2 Å². The molecule has 0 radical (unpaired) electrons. The number of imidazole rings is 1. The Labute approximate surface area is 202 Å². The van der Waals surface area contributed by atoms with Gasteiger partial charge >= 0.3 is 0 Å². The van der Waals surface area contributed by atoms with Crippen LogP contribution in [0.3, 0.4) is 0 Å². The average molecular weight is 566 g/mol. The summed E-state index contributed by atoms with van der Waals surface area (Å²) in [6, 6.07) is 8.16. The van der Waals surface area contributed by atoms with E-state index >= 15 is 0 Å². The number of hydrogen-bond donors (Lipinski definition) is 4. The highest BCUT2D eigenvalue weighted by Gasteiger charge is 2.47. The average Bonchev–Trinajstić information content (AvgIpc) is 3.45. The molecule has 1 amide bonds. The fraction of sp³-hybridized carbons (Fsp3) is 0.429. The number of nitrogens with zero attached hydrogens (tertiary/aromatic N) is 4. The second-order valence-corrected chi connectivity index (χ2v) is 10.7. The van der Waals surface area contributed by atoms with Gasteiger partial charge in [-0.1, -0.05) is 12.1 Å². The van der Waals surface area contributed by atoms with Gasteiger partial charge in [0.05, 0.1) is 6.33 Å². The maximum absolute atomic E-state index is 12.5. The summed E-state index contributed by atoms with van der Waals surface area (Å²) in [4.78, 5) is 25.7. The molecule has 1 aromatic carbocycles. The van der Waals surface area contributed by atoms with Crippen molar-refractivity contribution in [3.63, 3.8) is 0 Å². The maximum atomic E-state index is 12.5. The summed E-state index contributed by atoms with van der Waals surface area (Å²) in [7, 11) is 0. The normalized spacial score (nSPS) is 25.2. The van der Waals surface area contributed by atoms with E-state index in [9.17, 15) is 15.0 Å². The molecule has 4 atom stereocenters. The van der Waals surface area contributed by atoms with Gasteiger partial charge in [-0.05, 0) is 59.0 Å². The zero-order valence-electron chi connectivity index (χ0n) is 17.1. The summed E-state index contributed by atoms with van der Waals surface area (Å²) in [6.07, 6.45) is 3.00. The molecule has 1 unspecified atom stereocenters. The summed E-state index contributed by atoms with van der Waals surface area (Å²) >= 11 is 3.50. The lowest BCUT2D eigenvalue weighted by Gasteiger charge is -2.17. The smallest absolute Gasteiger partial charge is 0.235 e. The Morgan fingerprint density at radius 2 is 2.06 bits per heavy atom. The number of carbonyl (C=O) groups excluding carboxylic acids is 1. The Balaban J connectivity index is 1.34. The molecule has 3 aromatic rings. The van der Waals surface area contributed by atoms with Crippen molar-refractivity contribution < 1.29 is 15.0 Å². The third-order valence-electron chi connectivity index (χ3n) is 5.74. The highest BCUT2D eigenvalue weighted by Crippen LogP contribution is 2.43. The van der Waals surface area contributed by atoms with Crippen LogP contribution in [0.25, 0.3) is 11.2 Å². The highest BCUT2D eigenvalue weighted by atomic mass is 127. The molecule has 3 heterocycles. The first-order valence-electron chi connectivity index (χ1n) is 10.5. The van der Waals surface area contributed by atoms with Crippen molar-refractivity contribution in [3.05, 3.63) is 46.1 Å². The number of carbonyl (C=O) groups is 1. The number of fused-ring (bicyclic) bond motifs is 1. The van der Waals surface area contributed by atoms with E-state index in [-0.39, 0.29) is 5.91 Å². The molecule has 1 aliphatic heterocycles. The van der Waals surface area contributed by atoms with E-state index in [0.29, 0.717) is 36.0 Å². The third-order valence-corrected chi connectivity index (χ3v) is 7.98. The minimum Gasteiger partial charge on any atom is -0.389 e. The molecule has 9 nitrogen and oxygen atoms in total. The fourth-order valence-corrected chi connectivity index (χ4v) is 5.82. The first-order valence-corrected chi connectivity index (χ1v) is 12.5. The van der Waals surface area contributed by atoms with Crippen LogP contribution in [0.2, 0.25) is 0 Å². The van der Waals surface area contributed by atoms with Gasteiger partial charge in [-0.3, -0.25) is 9.36 Å². The van der Waals surface area contributed by atoms with Crippen LogP contribution in [-0.4, -0.2) is 59.6 Å². The van der Waals surface area contributed by atoms with Crippen molar-refractivity contribution in [2.45, 2.75) is 42.2 Å². The van der Waals surface area contributed by atoms with Crippen LogP contribution in [0.5, 0.6) is 0 Å². The van der Waals surface area contributed by atoms with Crippen LogP contribution in [0.4, 0.5) is 5.82 Å². The highest BCUT2D eigenvalue weighted by molar-refractivity contribution is 14.1. The number of thioether (sulfide) groups is 1. The van der Waals surface area contributed by atoms with Crippen molar-refractivity contribution >= 4 is 57.2 Å². The van der Waals surface area contributed by atoms with E-state index < -0.39 is 22.8 Å². The van der Waals surface area contributed by atoms with E-state index in [1.54, 1.807) is 10.9 Å². The van der Waals surface area contributed by atoms with Gasteiger partial charge in [-0.2, -0.15) is 0 Å². The summed E-state index contributed by atoms with van der Waals surface area (Å²) in [5.74, 6) is 0.891. The molecule has 2 aromatic heterocycles. The molecular weight excluding hydrogens is 543 g/mol. The van der Waals surface area contributed by atoms with E-state index in [4.69, 9.17) is 0 Å². The largest absolute Gasteiger partial charge is 0.389 e. The van der Waals surface area contributed by atoms with Crippen molar-refractivity contribution in [1.29, 1.82) is 0 Å². The Hall–Kier alpha value is -1.96. The molecule has 2 aliphatic rings. The van der Waals surface area contributed by atoms with E-state index in [1.165, 1.54) is 18.1 Å². The summed E-state index contributed by atoms with van der Waals surface area (Å²) < 4.78 is 2.86. The van der Waals surface area contributed by atoms with Crippen LogP contribution >= 0.6 is 34.4 Å². The number of benzene rings is 1. The minimum atomic E-state index is -1.17. The first kappa shape index (κ1) is 21.9. The van der Waals surface area contributed by atoms with Gasteiger partial charge in [-0.25, -0.2) is 15.0 Å². The van der Waals surface area contributed by atoms with Crippen LogP contribution < -0.4 is 10.6 Å². The Bertz CT molecular complexity index is 1140. The number of rotatable bonds is 7. The lowest BCUT2D eigenvalue weighted by atomic mass is 10.1. The Kier molecular flexibility index (Phi) is 6.23. The molecule has 168 valence electrons. The summed E-state index contributed by atoms with van der Waals surface area (Å²) in [5.41, 5.74) is 2.23. The molecule has 5 rings (SSSR count). The topological polar surface area (TPSA) is 125 Å². The SMILES string of the molecule is O=C(NCC1CC1)C1S[C@@H](n2cnc3c(NCc4cccc(I)c4)ncnc32)[C@H](O)[C@@H]1O. The number of nitrogens with one attached hydrogen (secondary N) is 2. The van der Waals surface area contributed by atoms with Gasteiger partial charge in [0, 0.05) is 16.7 Å². The molecule has 32 heavy (non-hydrogen) atoms. The number of anilines is 1. The summed E-state index contributed by atoms with van der Waals surface area (Å²) in [5, 5.41) is 26.1. The monoisotopic (exact) mass is 566 g/mol. The number of aliphatic hydroxyl groups is 2. The number of halogens is 1. The molecule has 1 saturated heterocycles. The molecule has 2 fully saturated rings. The number of hydrogen-bond acceptors (Lipinski definition) is 8. The lowest BCUT2D eigenvalue weighted by Crippen LogP contribution is -2.41. The second kappa shape index (κ2) is 9.12. The predicted molar refractivity (Wildman–Crippen MR) is 130 cm³/mol. The molecule has 0 spiro atoms. The molecule has 11 heteroatoms. The zero-order chi connectivity index (χ0) is 22.2. The van der Waals surface area contributed by atoms with Crippen LogP contribution in [0.1, 0.15) is 23.8 Å². The van der Waals surface area contributed by atoms with Crippen molar-refractivity contribution in [3.8, 4) is 0 Å². The van der Waals surface area contributed by atoms with Crippen molar-refractivity contribution in [2.75, 3.05) is 11.9 Å². The quantitative estimate of drug-likeness (QED) is 0.320. The van der Waals surface area contributed by atoms with E-state index in [2.05, 4.69) is 54.2 Å². The first-order chi connectivity index (χ1) is 15.5. The zero-order valence-corrected chi connectivity index (χ0v) is 20.0. The fourth-order valence-electron chi connectivity index (χ4n) is 3.77. The molecule has 1 saturated carbocycles. The third kappa shape index (κ3) is 4.43. The van der Waals surface area contributed by atoms with Crippen LogP contribution in [0, 0.1) is 9.49 Å². The van der Waals surface area contributed by atoms with Gasteiger partial charge in [0.1, 0.15) is 34.7 Å². The molecular formula is C21H23IN6O3S. The van der Waals surface area contributed by atoms with E-state index in [0.717, 1.165) is 22.0 Å². The van der Waals surface area contributed by atoms with Gasteiger partial charge in [0.25, 0.3) is 0 Å². The Morgan fingerprint density at radius 1 is 1.22 bits per heavy atom. The molecule has 1 aliphatic carbocycles. The maximum Gasteiger partial charge on any atom is 0.235 e. The van der Waals surface area contributed by atoms with Gasteiger partial charge in [0.15, 0.2) is 11.5 Å². The second-order valence-electron chi connectivity index (χ2n) is 8.15. The van der Waals surface area contributed by atoms with Gasteiger partial charge < -0.3 is 20.8 Å². The van der Waals surface area contributed by atoms with Crippen molar-refractivity contribution in [2.24, 2.45) is 5.92 Å². The molecule has 0 bridgehead atoms. The van der Waals surface area contributed by atoms with Crippen LogP contribution in [0.15, 0.2) is 36.9 Å². The van der Waals surface area contributed by atoms with Gasteiger partial charge in [0.2, 0.25) is 5.91 Å². The van der Waals surface area contributed by atoms with Crippen molar-refractivity contribution in [1.82, 2.24) is 24.8 Å². The van der Waals surface area contributed by atoms with Crippen LogP contribution in [-0.2, 0) is 11.3 Å².